The summed E-state index contributed by atoms with van der Waals surface area (Å²) in [5.41, 5.74) is 2.96. The number of phenols is 1. The third-order valence-corrected chi connectivity index (χ3v) is 5.02. The van der Waals surface area contributed by atoms with Crippen LogP contribution in [0, 0.1) is 0 Å². The Kier molecular flexibility index (Phi) is 4.49. The number of pyridine rings is 1. The van der Waals surface area contributed by atoms with Gasteiger partial charge in [-0.3, -0.25) is 9.59 Å². The maximum Gasteiger partial charge on any atom is 0.251 e. The standard InChI is InChI=1S/C23H16ClNO3/c1-25-21-10-7-16(23(28)14-5-8-17(24)9-6-14)12-20(21)19(13-22(25)27)15-3-2-4-18(26)11-15/h2-13,26H,1H3. The van der Waals surface area contributed by atoms with Crippen molar-refractivity contribution in [3.8, 4) is 16.9 Å². The molecule has 28 heavy (non-hydrogen) atoms. The van der Waals surface area contributed by atoms with Gasteiger partial charge in [-0.25, -0.2) is 0 Å². The lowest BCUT2D eigenvalue weighted by atomic mass is 9.96. The molecule has 0 aliphatic rings. The summed E-state index contributed by atoms with van der Waals surface area (Å²) < 4.78 is 1.54. The number of ketones is 1. The molecule has 4 nitrogen and oxygen atoms in total. The summed E-state index contributed by atoms with van der Waals surface area (Å²) in [4.78, 5) is 25.3. The maximum atomic E-state index is 12.9. The van der Waals surface area contributed by atoms with E-state index in [2.05, 4.69) is 0 Å². The molecule has 0 aliphatic heterocycles. The summed E-state index contributed by atoms with van der Waals surface area (Å²) in [7, 11) is 1.69. The predicted octanol–water partition coefficient (Wildman–Crippen LogP) is 4.80. The summed E-state index contributed by atoms with van der Waals surface area (Å²) in [6.45, 7) is 0. The van der Waals surface area contributed by atoms with E-state index in [4.69, 9.17) is 11.6 Å². The number of carbonyl (C=O) groups excluding carboxylic acids is 1. The molecule has 3 aromatic carbocycles. The molecule has 0 saturated carbocycles. The van der Waals surface area contributed by atoms with Crippen LogP contribution in [0.1, 0.15) is 15.9 Å². The monoisotopic (exact) mass is 389 g/mol. The smallest absolute Gasteiger partial charge is 0.251 e. The van der Waals surface area contributed by atoms with Crippen molar-refractivity contribution in [2.24, 2.45) is 7.05 Å². The number of hydrogen-bond donors (Lipinski definition) is 1. The average Bonchev–Trinajstić information content (AvgIpc) is 2.70. The molecule has 0 amide bonds. The lowest BCUT2D eigenvalue weighted by Crippen LogP contribution is -2.16. The van der Waals surface area contributed by atoms with Crippen molar-refractivity contribution in [2.45, 2.75) is 0 Å². The highest BCUT2D eigenvalue weighted by Crippen LogP contribution is 2.30. The molecule has 1 aromatic heterocycles. The predicted molar refractivity (Wildman–Crippen MR) is 111 cm³/mol. The quantitative estimate of drug-likeness (QED) is 0.512. The second-order valence-electron chi connectivity index (χ2n) is 6.57. The van der Waals surface area contributed by atoms with Crippen LogP contribution in [0.15, 0.2) is 77.6 Å². The molecule has 5 heteroatoms. The molecule has 0 fully saturated rings. The first-order chi connectivity index (χ1) is 13.4. The van der Waals surface area contributed by atoms with Crippen molar-refractivity contribution in [2.75, 3.05) is 0 Å². The number of benzene rings is 3. The number of aryl methyl sites for hydroxylation is 1. The molecule has 4 aromatic rings. The van der Waals surface area contributed by atoms with Gasteiger partial charge in [-0.15, -0.1) is 0 Å². The van der Waals surface area contributed by atoms with E-state index >= 15 is 0 Å². The van der Waals surface area contributed by atoms with Gasteiger partial charge in [0.2, 0.25) is 0 Å². The fourth-order valence-corrected chi connectivity index (χ4v) is 3.41. The summed E-state index contributed by atoms with van der Waals surface area (Å²) in [6.07, 6.45) is 0. The number of halogens is 1. The van der Waals surface area contributed by atoms with E-state index in [9.17, 15) is 14.7 Å². The van der Waals surface area contributed by atoms with E-state index in [0.717, 1.165) is 5.39 Å². The molecule has 0 atom stereocenters. The highest BCUT2D eigenvalue weighted by Gasteiger charge is 2.14. The summed E-state index contributed by atoms with van der Waals surface area (Å²) in [5, 5.41) is 11.2. The Morgan fingerprint density at radius 1 is 0.929 bits per heavy atom. The molecule has 0 saturated heterocycles. The largest absolute Gasteiger partial charge is 0.508 e. The third-order valence-electron chi connectivity index (χ3n) is 4.77. The SMILES string of the molecule is Cn1c(=O)cc(-c2cccc(O)c2)c2cc(C(=O)c3ccc(Cl)cc3)ccc21. The molecule has 0 radical (unpaired) electrons. The van der Waals surface area contributed by atoms with Crippen LogP contribution in [-0.2, 0) is 7.05 Å². The summed E-state index contributed by atoms with van der Waals surface area (Å²) in [5.74, 6) is -0.0194. The summed E-state index contributed by atoms with van der Waals surface area (Å²) >= 11 is 5.91. The molecule has 0 bridgehead atoms. The number of fused-ring (bicyclic) bond motifs is 1. The van der Waals surface area contributed by atoms with Crippen molar-refractivity contribution in [3.05, 3.63) is 99.3 Å². The van der Waals surface area contributed by atoms with Crippen LogP contribution in [0.4, 0.5) is 0 Å². The molecular weight excluding hydrogens is 374 g/mol. The van der Waals surface area contributed by atoms with Gasteiger partial charge in [0.05, 0.1) is 5.52 Å². The fraction of sp³-hybridized carbons (Fsp3) is 0.0435. The van der Waals surface area contributed by atoms with E-state index in [1.807, 2.05) is 6.07 Å². The van der Waals surface area contributed by atoms with Crippen molar-refractivity contribution < 1.29 is 9.90 Å². The lowest BCUT2D eigenvalue weighted by molar-refractivity contribution is 0.103. The zero-order chi connectivity index (χ0) is 19.8. The fourth-order valence-electron chi connectivity index (χ4n) is 3.28. The number of nitrogens with zero attached hydrogens (tertiary/aromatic N) is 1. The van der Waals surface area contributed by atoms with Crippen molar-refractivity contribution >= 4 is 28.3 Å². The third kappa shape index (κ3) is 3.19. The molecule has 138 valence electrons. The van der Waals surface area contributed by atoms with Gasteiger partial charge in [0.1, 0.15) is 5.75 Å². The van der Waals surface area contributed by atoms with Crippen molar-refractivity contribution in [3.63, 3.8) is 0 Å². The minimum absolute atomic E-state index is 0.111. The van der Waals surface area contributed by atoms with Crippen molar-refractivity contribution in [1.29, 1.82) is 0 Å². The first kappa shape index (κ1) is 18.0. The van der Waals surface area contributed by atoms with Crippen LogP contribution in [-0.4, -0.2) is 15.5 Å². The number of phenolic OH excluding ortho intramolecular Hbond substituents is 1. The maximum absolute atomic E-state index is 12.9. The Morgan fingerprint density at radius 2 is 1.64 bits per heavy atom. The van der Waals surface area contributed by atoms with Gasteiger partial charge < -0.3 is 9.67 Å². The zero-order valence-corrected chi connectivity index (χ0v) is 15.8. The second-order valence-corrected chi connectivity index (χ2v) is 7.01. The van der Waals surface area contributed by atoms with Crippen LogP contribution >= 0.6 is 11.6 Å². The van der Waals surface area contributed by atoms with Crippen LogP contribution in [0.2, 0.25) is 5.02 Å². The number of aromatic nitrogens is 1. The molecule has 1 N–H and O–H groups in total. The van der Waals surface area contributed by atoms with Crippen LogP contribution in [0.25, 0.3) is 22.0 Å². The molecule has 4 rings (SSSR count). The number of carbonyl (C=O) groups is 1. The van der Waals surface area contributed by atoms with Gasteiger partial charge in [0.25, 0.3) is 5.56 Å². The van der Waals surface area contributed by atoms with Gasteiger partial charge in [-0.05, 0) is 65.7 Å². The van der Waals surface area contributed by atoms with Gasteiger partial charge in [0, 0.05) is 34.6 Å². The van der Waals surface area contributed by atoms with Crippen LogP contribution in [0.3, 0.4) is 0 Å². The minimum Gasteiger partial charge on any atom is -0.508 e. The number of hydrogen-bond acceptors (Lipinski definition) is 3. The van der Waals surface area contributed by atoms with Crippen LogP contribution < -0.4 is 5.56 Å². The molecule has 0 spiro atoms. The topological polar surface area (TPSA) is 59.3 Å². The normalized spacial score (nSPS) is 10.9. The van der Waals surface area contributed by atoms with Gasteiger partial charge in [-0.2, -0.15) is 0 Å². The van der Waals surface area contributed by atoms with E-state index in [1.54, 1.807) is 67.7 Å². The Labute approximate surface area is 166 Å². The molecular formula is C23H16ClNO3. The first-order valence-corrected chi connectivity index (χ1v) is 9.05. The van der Waals surface area contributed by atoms with E-state index in [-0.39, 0.29) is 17.1 Å². The van der Waals surface area contributed by atoms with Gasteiger partial charge in [-0.1, -0.05) is 23.7 Å². The Bertz CT molecular complexity index is 1270. The molecule has 0 unspecified atom stereocenters. The van der Waals surface area contributed by atoms with Gasteiger partial charge >= 0.3 is 0 Å². The minimum atomic E-state index is -0.164. The highest BCUT2D eigenvalue weighted by atomic mass is 35.5. The first-order valence-electron chi connectivity index (χ1n) is 8.67. The Hall–Kier alpha value is -3.37. The Balaban J connectivity index is 1.94. The van der Waals surface area contributed by atoms with E-state index < -0.39 is 0 Å². The Morgan fingerprint density at radius 3 is 2.36 bits per heavy atom. The zero-order valence-electron chi connectivity index (χ0n) is 15.0. The second kappa shape index (κ2) is 6.98. The van der Waals surface area contributed by atoms with E-state index in [1.165, 1.54) is 10.6 Å². The van der Waals surface area contributed by atoms with Crippen molar-refractivity contribution in [1.82, 2.24) is 4.57 Å². The van der Waals surface area contributed by atoms with Gasteiger partial charge in [0.15, 0.2) is 5.78 Å². The molecule has 0 aliphatic carbocycles. The van der Waals surface area contributed by atoms with Crippen LogP contribution in [0.5, 0.6) is 5.75 Å². The highest BCUT2D eigenvalue weighted by molar-refractivity contribution is 6.30. The molecule has 1 heterocycles. The average molecular weight is 390 g/mol. The van der Waals surface area contributed by atoms with E-state index in [0.29, 0.717) is 32.8 Å². The number of aromatic hydroxyl groups is 1. The summed E-state index contributed by atoms with van der Waals surface area (Å²) in [6, 6.07) is 20.2. The number of rotatable bonds is 3. The lowest BCUT2D eigenvalue weighted by Gasteiger charge is -2.12.